The number of amides is 2. The van der Waals surface area contributed by atoms with E-state index in [1.54, 1.807) is 17.9 Å². The highest BCUT2D eigenvalue weighted by atomic mass is 16.2. The molecular formula is C13H23N5O2. The zero-order valence-electron chi connectivity index (χ0n) is 12.3. The zero-order chi connectivity index (χ0) is 15.1. The van der Waals surface area contributed by atoms with Crippen molar-refractivity contribution in [3.05, 3.63) is 17.5 Å². The molecule has 0 aromatic carbocycles. The summed E-state index contributed by atoms with van der Waals surface area (Å²) in [5.74, 6) is -0.360. The van der Waals surface area contributed by atoms with E-state index in [1.807, 2.05) is 13.8 Å². The molecule has 0 radical (unpaired) electrons. The number of aromatic nitrogens is 2. The zero-order valence-corrected chi connectivity index (χ0v) is 12.3. The number of nitrogens with zero attached hydrogens (tertiary/aromatic N) is 3. The van der Waals surface area contributed by atoms with Gasteiger partial charge < -0.3 is 16.0 Å². The molecule has 7 nitrogen and oxygen atoms in total. The van der Waals surface area contributed by atoms with E-state index in [0.717, 1.165) is 12.1 Å². The van der Waals surface area contributed by atoms with Crippen molar-refractivity contribution < 1.29 is 9.59 Å². The number of likely N-dealkylation sites (N-methyl/N-ethyl adjacent to an activating group) is 2. The predicted molar refractivity (Wildman–Crippen MR) is 76.3 cm³/mol. The first-order valence-corrected chi connectivity index (χ1v) is 6.77. The van der Waals surface area contributed by atoms with Gasteiger partial charge in [0.25, 0.3) is 5.91 Å². The minimum Gasteiger partial charge on any atom is -0.358 e. The molecule has 0 unspecified atom stereocenters. The average Bonchev–Trinajstić information content (AvgIpc) is 2.82. The predicted octanol–water partition coefficient (Wildman–Crippen LogP) is -0.252. The molecule has 112 valence electrons. The van der Waals surface area contributed by atoms with Gasteiger partial charge in [-0.1, -0.05) is 0 Å². The number of carbonyl (C=O) groups is 2. The summed E-state index contributed by atoms with van der Waals surface area (Å²) in [7, 11) is 1.55. The molecule has 0 aliphatic rings. The van der Waals surface area contributed by atoms with Crippen LogP contribution in [0.5, 0.6) is 0 Å². The fourth-order valence-corrected chi connectivity index (χ4v) is 1.87. The van der Waals surface area contributed by atoms with Crippen LogP contribution in [0.3, 0.4) is 0 Å². The van der Waals surface area contributed by atoms with Crippen LogP contribution in [-0.2, 0) is 11.3 Å². The molecule has 3 N–H and O–H groups in total. The van der Waals surface area contributed by atoms with Gasteiger partial charge >= 0.3 is 0 Å². The lowest BCUT2D eigenvalue weighted by atomic mass is 10.2. The normalized spacial score (nSPS) is 10.4. The Morgan fingerprint density at radius 2 is 2.20 bits per heavy atom. The Kier molecular flexibility index (Phi) is 6.17. The van der Waals surface area contributed by atoms with E-state index < -0.39 is 0 Å². The molecule has 1 rings (SSSR count). The maximum atomic E-state index is 12.4. The minimum absolute atomic E-state index is 0.0548. The number of hydrogen-bond acceptors (Lipinski definition) is 4. The number of carbonyl (C=O) groups excluding carboxylic acids is 2. The summed E-state index contributed by atoms with van der Waals surface area (Å²) in [6.07, 6.45) is 2.37. The summed E-state index contributed by atoms with van der Waals surface area (Å²) in [5, 5.41) is 6.72. The van der Waals surface area contributed by atoms with Crippen molar-refractivity contribution in [2.45, 2.75) is 26.8 Å². The molecule has 0 spiro atoms. The van der Waals surface area contributed by atoms with Crippen molar-refractivity contribution >= 4 is 11.8 Å². The summed E-state index contributed by atoms with van der Waals surface area (Å²) < 4.78 is 1.77. The Bertz CT molecular complexity index is 469. The van der Waals surface area contributed by atoms with Crippen LogP contribution in [0.1, 0.15) is 29.4 Å². The van der Waals surface area contributed by atoms with Gasteiger partial charge in [0, 0.05) is 25.8 Å². The standard InChI is InChI=1S/C13H23N5O2/c1-4-17(9-12(19)15-3)13(20)11-8-16-18(10(11)2)7-5-6-14/h8H,4-7,9,14H2,1-3H3,(H,15,19). The molecule has 7 heteroatoms. The lowest BCUT2D eigenvalue weighted by Gasteiger charge is -2.19. The quantitative estimate of drug-likeness (QED) is 0.720. The summed E-state index contributed by atoms with van der Waals surface area (Å²) >= 11 is 0. The third-order valence-electron chi connectivity index (χ3n) is 3.19. The summed E-state index contributed by atoms with van der Waals surface area (Å²) in [4.78, 5) is 25.3. The molecule has 0 bridgehead atoms. The highest BCUT2D eigenvalue weighted by Crippen LogP contribution is 2.11. The number of rotatable bonds is 7. The Morgan fingerprint density at radius 1 is 1.50 bits per heavy atom. The van der Waals surface area contributed by atoms with E-state index >= 15 is 0 Å². The second-order valence-corrected chi connectivity index (χ2v) is 4.50. The first-order chi connectivity index (χ1) is 9.54. The highest BCUT2D eigenvalue weighted by molar-refractivity contribution is 5.97. The van der Waals surface area contributed by atoms with E-state index in [-0.39, 0.29) is 18.4 Å². The fraction of sp³-hybridized carbons (Fsp3) is 0.615. The Balaban J connectivity index is 2.84. The monoisotopic (exact) mass is 281 g/mol. The summed E-state index contributed by atoms with van der Waals surface area (Å²) in [6, 6.07) is 0. The maximum Gasteiger partial charge on any atom is 0.257 e. The van der Waals surface area contributed by atoms with E-state index in [0.29, 0.717) is 25.2 Å². The lowest BCUT2D eigenvalue weighted by Crippen LogP contribution is -2.39. The Labute approximate surface area is 119 Å². The van der Waals surface area contributed by atoms with Crippen molar-refractivity contribution in [2.24, 2.45) is 5.73 Å². The number of aryl methyl sites for hydroxylation is 1. The van der Waals surface area contributed by atoms with Crippen LogP contribution in [0.15, 0.2) is 6.20 Å². The van der Waals surface area contributed by atoms with Gasteiger partial charge in [-0.3, -0.25) is 14.3 Å². The van der Waals surface area contributed by atoms with Gasteiger partial charge in [-0.2, -0.15) is 5.10 Å². The van der Waals surface area contributed by atoms with Crippen molar-refractivity contribution in [1.29, 1.82) is 0 Å². The smallest absolute Gasteiger partial charge is 0.257 e. The van der Waals surface area contributed by atoms with Crippen molar-refractivity contribution in [3.63, 3.8) is 0 Å². The van der Waals surface area contributed by atoms with Gasteiger partial charge in [0.15, 0.2) is 0 Å². The van der Waals surface area contributed by atoms with Crippen LogP contribution in [0.2, 0.25) is 0 Å². The molecule has 0 saturated carbocycles. The topological polar surface area (TPSA) is 93.2 Å². The van der Waals surface area contributed by atoms with E-state index in [9.17, 15) is 9.59 Å². The number of nitrogens with two attached hydrogens (primary N) is 1. The molecule has 0 aliphatic carbocycles. The first kappa shape index (κ1) is 16.2. The SMILES string of the molecule is CCN(CC(=O)NC)C(=O)c1cnn(CCCN)c1C. The number of nitrogens with one attached hydrogen (secondary N) is 1. The van der Waals surface area contributed by atoms with Gasteiger partial charge in [0.05, 0.1) is 18.3 Å². The van der Waals surface area contributed by atoms with Crippen molar-refractivity contribution in [2.75, 3.05) is 26.7 Å². The van der Waals surface area contributed by atoms with Gasteiger partial charge in [0.1, 0.15) is 0 Å². The van der Waals surface area contributed by atoms with Crippen LogP contribution in [0.4, 0.5) is 0 Å². The van der Waals surface area contributed by atoms with Gasteiger partial charge in [-0.25, -0.2) is 0 Å². The molecular weight excluding hydrogens is 258 g/mol. The van der Waals surface area contributed by atoms with Crippen molar-refractivity contribution in [3.8, 4) is 0 Å². The molecule has 1 aromatic rings. The largest absolute Gasteiger partial charge is 0.358 e. The van der Waals surface area contributed by atoms with Crippen LogP contribution < -0.4 is 11.1 Å². The Hall–Kier alpha value is -1.89. The second-order valence-electron chi connectivity index (χ2n) is 4.50. The molecule has 2 amide bonds. The molecule has 0 fully saturated rings. The molecule has 1 heterocycles. The highest BCUT2D eigenvalue weighted by Gasteiger charge is 2.21. The average molecular weight is 281 g/mol. The van der Waals surface area contributed by atoms with Gasteiger partial charge in [0.2, 0.25) is 5.91 Å². The second kappa shape index (κ2) is 7.64. The van der Waals surface area contributed by atoms with Crippen LogP contribution in [-0.4, -0.2) is 53.2 Å². The maximum absolute atomic E-state index is 12.4. The van der Waals surface area contributed by atoms with E-state index in [4.69, 9.17) is 5.73 Å². The van der Waals surface area contributed by atoms with E-state index in [1.165, 1.54) is 4.90 Å². The first-order valence-electron chi connectivity index (χ1n) is 6.77. The summed E-state index contributed by atoms with van der Waals surface area (Å²) in [6.45, 7) is 5.50. The summed E-state index contributed by atoms with van der Waals surface area (Å²) in [5.41, 5.74) is 6.81. The Morgan fingerprint density at radius 3 is 2.75 bits per heavy atom. The van der Waals surface area contributed by atoms with Crippen LogP contribution in [0, 0.1) is 6.92 Å². The number of hydrogen-bond donors (Lipinski definition) is 2. The third kappa shape index (κ3) is 3.80. The minimum atomic E-state index is -0.187. The van der Waals surface area contributed by atoms with Crippen LogP contribution >= 0.6 is 0 Å². The third-order valence-corrected chi connectivity index (χ3v) is 3.19. The molecule has 0 atom stereocenters. The molecule has 0 aliphatic heterocycles. The van der Waals surface area contributed by atoms with Crippen molar-refractivity contribution in [1.82, 2.24) is 20.0 Å². The molecule has 20 heavy (non-hydrogen) atoms. The van der Waals surface area contributed by atoms with Crippen LogP contribution in [0.25, 0.3) is 0 Å². The molecule has 0 saturated heterocycles. The van der Waals surface area contributed by atoms with Gasteiger partial charge in [-0.05, 0) is 26.8 Å². The molecule has 1 aromatic heterocycles. The fourth-order valence-electron chi connectivity index (χ4n) is 1.87. The van der Waals surface area contributed by atoms with E-state index in [2.05, 4.69) is 10.4 Å². The van der Waals surface area contributed by atoms with Gasteiger partial charge in [-0.15, -0.1) is 0 Å². The lowest BCUT2D eigenvalue weighted by molar-refractivity contribution is -0.121.